The molecule has 2 nitrogen and oxygen atoms in total. The van der Waals surface area contributed by atoms with Gasteiger partial charge in [0.25, 0.3) is 0 Å². The van der Waals surface area contributed by atoms with Crippen LogP contribution in [0, 0.1) is 0 Å². The first kappa shape index (κ1) is 11.3. The molecule has 1 heterocycles. The maximum absolute atomic E-state index is 11.5. The number of aldehydes is 1. The summed E-state index contributed by atoms with van der Waals surface area (Å²) in [5, 5.41) is 0.614. The lowest BCUT2D eigenvalue weighted by Crippen LogP contribution is -2.03. The zero-order valence-corrected chi connectivity index (χ0v) is 10.4. The summed E-state index contributed by atoms with van der Waals surface area (Å²) < 4.78 is 5.74. The zero-order chi connectivity index (χ0) is 12.5. The molecule has 90 valence electrons. The van der Waals surface area contributed by atoms with Crippen LogP contribution < -0.4 is 4.74 Å². The van der Waals surface area contributed by atoms with Gasteiger partial charge in [-0.25, -0.2) is 0 Å². The maximum Gasteiger partial charge on any atom is 0.132 e. The van der Waals surface area contributed by atoms with E-state index >= 15 is 0 Å². The Morgan fingerprint density at radius 1 is 1.17 bits per heavy atom. The van der Waals surface area contributed by atoms with Crippen LogP contribution in [-0.2, 0) is 11.4 Å². The Morgan fingerprint density at radius 2 is 2.00 bits per heavy atom. The molecule has 3 rings (SSSR count). The molecule has 0 bridgehead atoms. The Bertz CT molecular complexity index is 607. The van der Waals surface area contributed by atoms with Gasteiger partial charge in [-0.05, 0) is 29.3 Å². The lowest BCUT2D eigenvalue weighted by atomic mass is 9.90. The predicted molar refractivity (Wildman–Crippen MR) is 70.1 cm³/mol. The number of rotatable bonds is 1. The summed E-state index contributed by atoms with van der Waals surface area (Å²) in [6.45, 7) is 0.481. The predicted octanol–water partition coefficient (Wildman–Crippen LogP) is 3.56. The van der Waals surface area contributed by atoms with Gasteiger partial charge in [-0.15, -0.1) is 0 Å². The summed E-state index contributed by atoms with van der Waals surface area (Å²) >= 11 is 6.01. The van der Waals surface area contributed by atoms with Crippen LogP contribution in [0.25, 0.3) is 0 Å². The highest BCUT2D eigenvalue weighted by atomic mass is 35.5. The van der Waals surface area contributed by atoms with E-state index in [1.807, 2.05) is 30.3 Å². The van der Waals surface area contributed by atoms with Crippen LogP contribution in [0.5, 0.6) is 5.75 Å². The van der Waals surface area contributed by atoms with Crippen LogP contribution in [0.2, 0.25) is 5.02 Å². The molecule has 1 aliphatic heterocycles. The van der Waals surface area contributed by atoms with E-state index in [2.05, 4.69) is 0 Å². The highest BCUT2D eigenvalue weighted by Gasteiger charge is 2.24. The standard InChI is InChI=1S/C15H11ClO2/c16-11-5-6-15-13(7-11)14(8-17)12-4-2-1-3-10(12)9-18-15/h1-8,14H,9H2. The van der Waals surface area contributed by atoms with Crippen molar-refractivity contribution in [3.8, 4) is 5.75 Å². The largest absolute Gasteiger partial charge is 0.489 e. The minimum absolute atomic E-state index is 0.308. The number of fused-ring (bicyclic) bond motifs is 2. The molecule has 0 aliphatic carbocycles. The fourth-order valence-electron chi connectivity index (χ4n) is 2.33. The monoisotopic (exact) mass is 258 g/mol. The quantitative estimate of drug-likeness (QED) is 0.731. The van der Waals surface area contributed by atoms with E-state index < -0.39 is 0 Å². The molecule has 0 spiro atoms. The molecule has 1 atom stereocenters. The lowest BCUT2D eigenvalue weighted by molar-refractivity contribution is -0.108. The van der Waals surface area contributed by atoms with E-state index in [4.69, 9.17) is 16.3 Å². The van der Waals surface area contributed by atoms with Crippen molar-refractivity contribution >= 4 is 17.9 Å². The Kier molecular flexibility index (Phi) is 2.80. The first-order valence-electron chi connectivity index (χ1n) is 5.75. The Balaban J connectivity index is 2.23. The van der Waals surface area contributed by atoms with Crippen LogP contribution in [0.4, 0.5) is 0 Å². The fraction of sp³-hybridized carbons (Fsp3) is 0.133. The van der Waals surface area contributed by atoms with Crippen molar-refractivity contribution in [3.63, 3.8) is 0 Å². The number of carbonyl (C=O) groups excluding carboxylic acids is 1. The maximum atomic E-state index is 11.5. The van der Waals surface area contributed by atoms with Gasteiger partial charge in [0.2, 0.25) is 0 Å². The first-order chi connectivity index (χ1) is 8.79. The number of halogens is 1. The van der Waals surface area contributed by atoms with Gasteiger partial charge in [0.1, 0.15) is 18.6 Å². The smallest absolute Gasteiger partial charge is 0.132 e. The van der Waals surface area contributed by atoms with Crippen molar-refractivity contribution in [2.45, 2.75) is 12.5 Å². The number of ether oxygens (including phenoxy) is 1. The van der Waals surface area contributed by atoms with Gasteiger partial charge in [0, 0.05) is 10.6 Å². The van der Waals surface area contributed by atoms with Gasteiger partial charge in [0.05, 0.1) is 5.92 Å². The molecule has 2 aromatic carbocycles. The second kappa shape index (κ2) is 4.46. The van der Waals surface area contributed by atoms with Crippen molar-refractivity contribution in [1.29, 1.82) is 0 Å². The van der Waals surface area contributed by atoms with Crippen molar-refractivity contribution in [2.24, 2.45) is 0 Å². The fourth-order valence-corrected chi connectivity index (χ4v) is 2.51. The first-order valence-corrected chi connectivity index (χ1v) is 6.13. The molecule has 0 amide bonds. The van der Waals surface area contributed by atoms with Crippen molar-refractivity contribution in [3.05, 3.63) is 64.2 Å². The van der Waals surface area contributed by atoms with Crippen LogP contribution in [-0.4, -0.2) is 6.29 Å². The molecule has 1 unspecified atom stereocenters. The van der Waals surface area contributed by atoms with E-state index in [1.54, 1.807) is 12.1 Å². The Morgan fingerprint density at radius 3 is 2.83 bits per heavy atom. The third kappa shape index (κ3) is 1.79. The molecule has 0 saturated heterocycles. The molecule has 0 N–H and O–H groups in total. The normalized spacial score (nSPS) is 17.1. The number of carbonyl (C=O) groups is 1. The second-order valence-corrected chi connectivity index (χ2v) is 4.72. The lowest BCUT2D eigenvalue weighted by Gasteiger charge is -2.12. The Hall–Kier alpha value is -1.80. The molecule has 0 radical (unpaired) electrons. The minimum Gasteiger partial charge on any atom is -0.489 e. The third-order valence-corrected chi connectivity index (χ3v) is 3.45. The highest BCUT2D eigenvalue weighted by Crippen LogP contribution is 2.37. The van der Waals surface area contributed by atoms with E-state index in [9.17, 15) is 4.79 Å². The van der Waals surface area contributed by atoms with E-state index in [1.165, 1.54) is 0 Å². The average molecular weight is 259 g/mol. The van der Waals surface area contributed by atoms with Crippen LogP contribution in [0.15, 0.2) is 42.5 Å². The summed E-state index contributed by atoms with van der Waals surface area (Å²) in [6, 6.07) is 13.2. The van der Waals surface area contributed by atoms with E-state index in [0.29, 0.717) is 11.6 Å². The van der Waals surface area contributed by atoms with Gasteiger partial charge in [0.15, 0.2) is 0 Å². The van der Waals surface area contributed by atoms with E-state index in [0.717, 1.165) is 28.7 Å². The van der Waals surface area contributed by atoms with Gasteiger partial charge < -0.3 is 9.53 Å². The topological polar surface area (TPSA) is 26.3 Å². The summed E-state index contributed by atoms with van der Waals surface area (Å²) in [5.41, 5.74) is 2.87. The van der Waals surface area contributed by atoms with Gasteiger partial charge in [-0.1, -0.05) is 35.9 Å². The van der Waals surface area contributed by atoms with Crippen molar-refractivity contribution < 1.29 is 9.53 Å². The number of hydrogen-bond donors (Lipinski definition) is 0. The summed E-state index contributed by atoms with van der Waals surface area (Å²) in [5.74, 6) is 0.421. The molecule has 2 aromatic rings. The van der Waals surface area contributed by atoms with Gasteiger partial charge in [-0.3, -0.25) is 0 Å². The van der Waals surface area contributed by atoms with Crippen LogP contribution in [0.1, 0.15) is 22.6 Å². The van der Waals surface area contributed by atoms with Gasteiger partial charge >= 0.3 is 0 Å². The zero-order valence-electron chi connectivity index (χ0n) is 9.60. The molecule has 1 aliphatic rings. The molecule has 18 heavy (non-hydrogen) atoms. The molecular weight excluding hydrogens is 248 g/mol. The number of benzene rings is 2. The van der Waals surface area contributed by atoms with Crippen molar-refractivity contribution in [1.82, 2.24) is 0 Å². The third-order valence-electron chi connectivity index (χ3n) is 3.22. The molecule has 3 heteroatoms. The van der Waals surface area contributed by atoms with Crippen molar-refractivity contribution in [2.75, 3.05) is 0 Å². The second-order valence-electron chi connectivity index (χ2n) is 4.28. The van der Waals surface area contributed by atoms with Crippen LogP contribution in [0.3, 0.4) is 0 Å². The SMILES string of the molecule is O=CC1c2ccccc2COc2ccc(Cl)cc21. The summed E-state index contributed by atoms with van der Waals surface area (Å²) in [7, 11) is 0. The molecule has 0 fully saturated rings. The highest BCUT2D eigenvalue weighted by molar-refractivity contribution is 6.30. The van der Waals surface area contributed by atoms with Gasteiger partial charge in [-0.2, -0.15) is 0 Å². The van der Waals surface area contributed by atoms with Crippen LogP contribution >= 0.6 is 11.6 Å². The summed E-state index contributed by atoms with van der Waals surface area (Å²) in [4.78, 5) is 11.5. The average Bonchev–Trinajstić information content (AvgIpc) is 2.54. The minimum atomic E-state index is -0.308. The molecule has 0 aromatic heterocycles. The number of hydrogen-bond acceptors (Lipinski definition) is 2. The van der Waals surface area contributed by atoms with E-state index in [-0.39, 0.29) is 5.92 Å². The molecular formula is C15H11ClO2. The summed E-state index contributed by atoms with van der Waals surface area (Å²) in [6.07, 6.45) is 0.947. The Labute approximate surface area is 110 Å². The molecule has 0 saturated carbocycles.